The molecule has 8 nitrogen and oxygen atoms in total. The Kier molecular flexibility index (Phi) is 12.2. The average Bonchev–Trinajstić information content (AvgIpc) is 2.88. The Labute approximate surface area is 220 Å². The molecule has 0 spiro atoms. The molecule has 2 heterocycles. The predicted molar refractivity (Wildman–Crippen MR) is 140 cm³/mol. The van der Waals surface area contributed by atoms with Gasteiger partial charge in [0.25, 0.3) is 5.91 Å². The first-order chi connectivity index (χ1) is 16.9. The Balaban J connectivity index is 0.00000210. The molecular weight excluding hydrogens is 511 g/mol. The van der Waals surface area contributed by atoms with Crippen LogP contribution in [0.3, 0.4) is 0 Å². The van der Waals surface area contributed by atoms with Crippen LogP contribution in [0.25, 0.3) is 0 Å². The van der Waals surface area contributed by atoms with E-state index in [-0.39, 0.29) is 35.0 Å². The van der Waals surface area contributed by atoms with Crippen molar-refractivity contribution in [2.24, 2.45) is 5.92 Å². The van der Waals surface area contributed by atoms with Gasteiger partial charge in [0.05, 0.1) is 25.6 Å². The van der Waals surface area contributed by atoms with Crippen LogP contribution in [0.4, 0.5) is 5.69 Å². The first-order valence-electron chi connectivity index (χ1n) is 11.6. The summed E-state index contributed by atoms with van der Waals surface area (Å²) in [6.45, 7) is 3.78. The molecule has 0 radical (unpaired) electrons. The Morgan fingerprint density at radius 3 is 2.26 bits per heavy atom. The number of hydrogen-bond acceptors (Lipinski definition) is 8. The van der Waals surface area contributed by atoms with Gasteiger partial charge >= 0.3 is 5.97 Å². The van der Waals surface area contributed by atoms with Gasteiger partial charge in [-0.2, -0.15) is 0 Å². The first kappa shape index (κ1) is 29.3. The molecule has 1 saturated carbocycles. The minimum atomic E-state index is -0.510. The quantitative estimate of drug-likeness (QED) is 0.204. The van der Waals surface area contributed by atoms with Crippen LogP contribution in [0.2, 0.25) is 10.3 Å². The summed E-state index contributed by atoms with van der Waals surface area (Å²) in [6.07, 6.45) is 7.63. The van der Waals surface area contributed by atoms with E-state index in [9.17, 15) is 14.7 Å². The number of aromatic nitrogens is 3. The number of halogens is 2. The van der Waals surface area contributed by atoms with Gasteiger partial charge in [-0.3, -0.25) is 14.6 Å². The summed E-state index contributed by atoms with van der Waals surface area (Å²) in [5.74, 6) is -0.0287. The molecule has 1 amide bonds. The Morgan fingerprint density at radius 1 is 1.14 bits per heavy atom. The number of methoxy groups -OCH3 is 1. The fourth-order valence-corrected chi connectivity index (χ4v) is 5.04. The van der Waals surface area contributed by atoms with Crippen LogP contribution in [-0.4, -0.2) is 58.5 Å². The van der Waals surface area contributed by atoms with Crippen LogP contribution in [0.1, 0.15) is 67.9 Å². The van der Waals surface area contributed by atoms with Crippen LogP contribution in [0.15, 0.2) is 23.5 Å². The maximum atomic E-state index is 13.2. The molecule has 1 N–H and O–H groups in total. The first-order valence-corrected chi connectivity index (χ1v) is 13.6. The van der Waals surface area contributed by atoms with E-state index in [0.29, 0.717) is 29.1 Å². The van der Waals surface area contributed by atoms with Gasteiger partial charge in [-0.05, 0) is 50.0 Å². The van der Waals surface area contributed by atoms with Crippen molar-refractivity contribution in [2.45, 2.75) is 57.0 Å². The van der Waals surface area contributed by atoms with Crippen molar-refractivity contribution in [3.8, 4) is 0 Å². The molecule has 1 aliphatic carbocycles. The number of amides is 1. The monoisotopic (exact) mass is 542 g/mol. The molecule has 0 bridgehead atoms. The number of ether oxygens (including phenoxy) is 1. The van der Waals surface area contributed by atoms with E-state index in [1.807, 2.05) is 19.9 Å². The Morgan fingerprint density at radius 2 is 1.77 bits per heavy atom. The highest BCUT2D eigenvalue weighted by Gasteiger charge is 2.27. The summed E-state index contributed by atoms with van der Waals surface area (Å²) >= 11 is 13.7. The largest absolute Gasteiger partial charge is 0.469 e. The van der Waals surface area contributed by atoms with E-state index in [1.54, 1.807) is 18.5 Å². The van der Waals surface area contributed by atoms with Crippen LogP contribution in [-0.2, 0) is 9.53 Å². The maximum Gasteiger partial charge on any atom is 0.305 e. The lowest BCUT2D eigenvalue weighted by molar-refractivity contribution is -0.142. The van der Waals surface area contributed by atoms with Crippen molar-refractivity contribution in [1.29, 1.82) is 0 Å². The van der Waals surface area contributed by atoms with E-state index >= 15 is 0 Å². The molecule has 1 fully saturated rings. The lowest BCUT2D eigenvalue weighted by Crippen LogP contribution is -2.34. The third-order valence-corrected chi connectivity index (χ3v) is 6.89. The third kappa shape index (κ3) is 7.77. The summed E-state index contributed by atoms with van der Waals surface area (Å²) < 4.78 is 4.77. The van der Waals surface area contributed by atoms with Crippen molar-refractivity contribution >= 4 is 52.5 Å². The van der Waals surface area contributed by atoms with E-state index in [0.717, 1.165) is 31.4 Å². The molecule has 0 atom stereocenters. The molecule has 0 saturated heterocycles. The molecule has 192 valence electrons. The van der Waals surface area contributed by atoms with Crippen molar-refractivity contribution in [3.63, 3.8) is 0 Å². The van der Waals surface area contributed by atoms with Crippen molar-refractivity contribution in [2.75, 3.05) is 31.4 Å². The highest BCUT2D eigenvalue weighted by atomic mass is 35.5. The number of carbonyl (C=O) groups is 2. The summed E-state index contributed by atoms with van der Waals surface area (Å²) in [7, 11) is 1.42. The van der Waals surface area contributed by atoms with E-state index in [1.165, 1.54) is 23.8 Å². The van der Waals surface area contributed by atoms with Gasteiger partial charge in [-0.25, -0.2) is 9.97 Å². The molecular formula is C24H32Cl2N4O4S. The Hall–Kier alpha value is -1.94. The normalized spacial score (nSPS) is 17.2. The van der Waals surface area contributed by atoms with Gasteiger partial charge in [0.2, 0.25) is 0 Å². The minimum absolute atomic E-state index is 0.0161. The molecule has 0 aliphatic heterocycles. The number of aliphatic hydroxyl groups is 1. The number of esters is 1. The average molecular weight is 544 g/mol. The van der Waals surface area contributed by atoms with Crippen molar-refractivity contribution < 1.29 is 19.4 Å². The molecule has 11 heteroatoms. The topological polar surface area (TPSA) is 106 Å². The zero-order chi connectivity index (χ0) is 26.0. The van der Waals surface area contributed by atoms with Gasteiger partial charge in [0, 0.05) is 24.6 Å². The van der Waals surface area contributed by atoms with Crippen molar-refractivity contribution in [1.82, 2.24) is 15.0 Å². The van der Waals surface area contributed by atoms with Gasteiger partial charge in [0.1, 0.15) is 15.9 Å². The fraction of sp³-hybridized carbons (Fsp3) is 0.542. The second-order valence-corrected chi connectivity index (χ2v) is 9.28. The highest BCUT2D eigenvalue weighted by Crippen LogP contribution is 2.37. The molecule has 2 aromatic rings. The van der Waals surface area contributed by atoms with Gasteiger partial charge in [0.15, 0.2) is 5.16 Å². The predicted octanol–water partition coefficient (Wildman–Crippen LogP) is 5.40. The van der Waals surface area contributed by atoms with E-state index in [2.05, 4.69) is 15.0 Å². The second kappa shape index (κ2) is 14.6. The standard InChI is InChI=1S/C22H26Cl2N4O4S.C2H6/c1-32-17(30)11-13-3-5-14(6-4-13)16-8-7-15(12-25-16)28(9-10-29)21(31)18-19(23)26-22(33-2)27-20(18)24;1-2/h7-8,12-14,29H,3-6,9-11H2,1-2H3;1-2H3. The summed E-state index contributed by atoms with van der Waals surface area (Å²) in [5.41, 5.74) is 1.44. The number of aliphatic hydroxyl groups excluding tert-OH is 1. The summed E-state index contributed by atoms with van der Waals surface area (Å²) in [5, 5.41) is 9.81. The van der Waals surface area contributed by atoms with Crippen LogP contribution < -0.4 is 4.90 Å². The Bertz CT molecular complexity index is 963. The number of pyridine rings is 1. The van der Waals surface area contributed by atoms with E-state index < -0.39 is 5.91 Å². The number of nitrogens with zero attached hydrogens (tertiary/aromatic N) is 4. The van der Waals surface area contributed by atoms with Gasteiger partial charge < -0.3 is 14.7 Å². The number of rotatable bonds is 8. The summed E-state index contributed by atoms with van der Waals surface area (Å²) in [4.78, 5) is 38.8. The molecule has 35 heavy (non-hydrogen) atoms. The highest BCUT2D eigenvalue weighted by molar-refractivity contribution is 7.98. The van der Waals surface area contributed by atoms with Crippen molar-refractivity contribution in [3.05, 3.63) is 39.9 Å². The van der Waals surface area contributed by atoms with E-state index in [4.69, 9.17) is 27.9 Å². The van der Waals surface area contributed by atoms with Crippen LogP contribution in [0.5, 0.6) is 0 Å². The molecule has 1 aliphatic rings. The zero-order valence-corrected chi connectivity index (χ0v) is 22.8. The lowest BCUT2D eigenvalue weighted by atomic mass is 9.79. The molecule has 2 aromatic heterocycles. The lowest BCUT2D eigenvalue weighted by Gasteiger charge is -2.28. The molecule has 0 aromatic carbocycles. The van der Waals surface area contributed by atoms with Crippen LogP contribution >= 0.6 is 35.0 Å². The summed E-state index contributed by atoms with van der Waals surface area (Å²) in [6, 6.07) is 3.70. The smallest absolute Gasteiger partial charge is 0.305 e. The number of thioether (sulfide) groups is 1. The second-order valence-electron chi connectivity index (χ2n) is 7.79. The molecule has 0 unspecified atom stereocenters. The van der Waals surface area contributed by atoms with Crippen LogP contribution in [0, 0.1) is 5.92 Å². The number of carbonyl (C=O) groups excluding carboxylic acids is 2. The molecule has 3 rings (SSSR count). The third-order valence-electron chi connectivity index (χ3n) is 5.80. The SMILES string of the molecule is CC.COC(=O)CC1CCC(c2ccc(N(CCO)C(=O)c3c(Cl)nc(SC)nc3Cl)cn2)CC1. The number of hydrogen-bond donors (Lipinski definition) is 1. The van der Waals surface area contributed by atoms with Gasteiger partial charge in [-0.1, -0.05) is 48.8 Å². The maximum absolute atomic E-state index is 13.2. The zero-order valence-electron chi connectivity index (χ0n) is 20.5. The fourth-order valence-electron chi connectivity index (χ4n) is 4.02. The number of anilines is 1. The van der Waals surface area contributed by atoms with Gasteiger partial charge in [-0.15, -0.1) is 0 Å². The minimum Gasteiger partial charge on any atom is -0.469 e.